The Balaban J connectivity index is 2.22. The molecule has 1 saturated heterocycles. The van der Waals surface area contributed by atoms with Gasteiger partial charge in [-0.1, -0.05) is 36.7 Å². The topological polar surface area (TPSA) is 15.3 Å². The first kappa shape index (κ1) is 14.9. The summed E-state index contributed by atoms with van der Waals surface area (Å²) in [6, 6.07) is 7.13. The minimum absolute atomic E-state index is 0.297. The van der Waals surface area contributed by atoms with Crippen LogP contribution < -0.4 is 10.2 Å². The lowest BCUT2D eigenvalue weighted by Gasteiger charge is -2.35. The molecule has 1 unspecified atom stereocenters. The van der Waals surface area contributed by atoms with E-state index in [9.17, 15) is 0 Å². The Morgan fingerprint density at radius 3 is 2.68 bits per heavy atom. The number of aryl methyl sites for hydroxylation is 1. The maximum Gasteiger partial charge on any atom is 0.0397 e. The van der Waals surface area contributed by atoms with E-state index < -0.39 is 0 Å². The summed E-state index contributed by atoms with van der Waals surface area (Å²) in [4.78, 5) is 2.54. The predicted molar refractivity (Wildman–Crippen MR) is 87.0 cm³/mol. The Kier molecular flexibility index (Phi) is 4.57. The molecule has 1 atom stereocenters. The molecule has 106 valence electrons. The predicted octanol–water partition coefficient (Wildman–Crippen LogP) is 3.97. The van der Waals surface area contributed by atoms with E-state index in [2.05, 4.69) is 72.0 Å². The minimum Gasteiger partial charge on any atom is -0.370 e. The molecule has 3 heteroatoms. The van der Waals surface area contributed by atoms with E-state index in [1.807, 2.05) is 0 Å². The molecule has 0 aliphatic carbocycles. The molecule has 0 bridgehead atoms. The van der Waals surface area contributed by atoms with Gasteiger partial charge in [0.25, 0.3) is 0 Å². The zero-order valence-electron chi connectivity index (χ0n) is 12.5. The van der Waals surface area contributed by atoms with Crippen LogP contribution in [0.1, 0.15) is 32.8 Å². The summed E-state index contributed by atoms with van der Waals surface area (Å²) in [5.74, 6) is 0. The smallest absolute Gasteiger partial charge is 0.0397 e. The number of nitrogens with one attached hydrogen (secondary N) is 1. The van der Waals surface area contributed by atoms with Crippen molar-refractivity contribution in [1.82, 2.24) is 5.32 Å². The molecule has 2 nitrogen and oxygen atoms in total. The molecule has 19 heavy (non-hydrogen) atoms. The zero-order chi connectivity index (χ0) is 14.0. The van der Waals surface area contributed by atoms with Crippen molar-refractivity contribution >= 4 is 21.6 Å². The average Bonchev–Trinajstić information content (AvgIpc) is 2.54. The van der Waals surface area contributed by atoms with Gasteiger partial charge in [-0.25, -0.2) is 0 Å². The third-order valence-electron chi connectivity index (χ3n) is 3.94. The Labute approximate surface area is 125 Å². The van der Waals surface area contributed by atoms with E-state index in [4.69, 9.17) is 0 Å². The Hall–Kier alpha value is -0.540. The molecular weight excluding hydrogens is 300 g/mol. The van der Waals surface area contributed by atoms with Crippen LogP contribution in [0.4, 0.5) is 5.69 Å². The van der Waals surface area contributed by atoms with Crippen LogP contribution in [0.3, 0.4) is 0 Å². The van der Waals surface area contributed by atoms with Crippen molar-refractivity contribution in [2.24, 2.45) is 5.41 Å². The van der Waals surface area contributed by atoms with Gasteiger partial charge in [0.1, 0.15) is 0 Å². The quantitative estimate of drug-likeness (QED) is 0.840. The number of rotatable bonds is 1. The molecule has 1 N–H and O–H groups in total. The first-order valence-electron chi connectivity index (χ1n) is 7.12. The van der Waals surface area contributed by atoms with Crippen LogP contribution in [0.5, 0.6) is 0 Å². The molecule has 2 rings (SSSR count). The molecule has 0 amide bonds. The van der Waals surface area contributed by atoms with Gasteiger partial charge >= 0.3 is 0 Å². The molecule has 0 spiro atoms. The van der Waals surface area contributed by atoms with Gasteiger partial charge in [-0.15, -0.1) is 0 Å². The summed E-state index contributed by atoms with van der Waals surface area (Å²) in [5, 5.41) is 3.70. The Bertz CT molecular complexity index is 437. The Morgan fingerprint density at radius 1 is 1.32 bits per heavy atom. The van der Waals surface area contributed by atoms with Crippen LogP contribution in [0, 0.1) is 12.3 Å². The lowest BCUT2D eigenvalue weighted by atomic mass is 9.86. The zero-order valence-corrected chi connectivity index (χ0v) is 14.0. The van der Waals surface area contributed by atoms with Crippen molar-refractivity contribution < 1.29 is 0 Å². The van der Waals surface area contributed by atoms with E-state index in [1.165, 1.54) is 17.7 Å². The summed E-state index contributed by atoms with van der Waals surface area (Å²) in [5.41, 5.74) is 3.02. The standard InChI is InChI=1S/C16H25BrN2/c1-12-10-13(17)6-7-14(12)19-9-5-8-18-15(11-19)16(2,3)4/h6-7,10,15,18H,5,8-9,11H2,1-4H3. The number of hydrogen-bond acceptors (Lipinski definition) is 2. The van der Waals surface area contributed by atoms with Gasteiger partial charge in [0.15, 0.2) is 0 Å². The molecule has 1 aromatic carbocycles. The molecule has 1 aromatic rings. The highest BCUT2D eigenvalue weighted by Gasteiger charge is 2.28. The van der Waals surface area contributed by atoms with E-state index in [0.29, 0.717) is 11.5 Å². The van der Waals surface area contributed by atoms with Gasteiger partial charge in [0, 0.05) is 29.3 Å². The lowest BCUT2D eigenvalue weighted by Crippen LogP contribution is -2.46. The first-order chi connectivity index (χ1) is 8.88. The van der Waals surface area contributed by atoms with Gasteiger partial charge in [-0.05, 0) is 49.1 Å². The number of anilines is 1. The number of benzene rings is 1. The Morgan fingerprint density at radius 2 is 2.05 bits per heavy atom. The molecule has 1 heterocycles. The largest absolute Gasteiger partial charge is 0.370 e. The number of halogens is 1. The summed E-state index contributed by atoms with van der Waals surface area (Å²) in [6.07, 6.45) is 1.21. The summed E-state index contributed by atoms with van der Waals surface area (Å²) >= 11 is 3.55. The fourth-order valence-corrected chi connectivity index (χ4v) is 3.17. The number of nitrogens with zero attached hydrogens (tertiary/aromatic N) is 1. The van der Waals surface area contributed by atoms with E-state index in [0.717, 1.165) is 24.1 Å². The highest BCUT2D eigenvalue weighted by Crippen LogP contribution is 2.28. The molecule has 0 radical (unpaired) electrons. The molecule has 0 saturated carbocycles. The van der Waals surface area contributed by atoms with Crippen LogP contribution in [-0.2, 0) is 0 Å². The van der Waals surface area contributed by atoms with E-state index >= 15 is 0 Å². The van der Waals surface area contributed by atoms with Crippen molar-refractivity contribution in [3.8, 4) is 0 Å². The molecule has 1 aliphatic heterocycles. The third kappa shape index (κ3) is 3.73. The molecule has 1 fully saturated rings. The van der Waals surface area contributed by atoms with Gasteiger partial charge in [0.05, 0.1) is 0 Å². The minimum atomic E-state index is 0.297. The first-order valence-corrected chi connectivity index (χ1v) is 7.92. The van der Waals surface area contributed by atoms with Crippen LogP contribution in [0.25, 0.3) is 0 Å². The van der Waals surface area contributed by atoms with Crippen molar-refractivity contribution in [1.29, 1.82) is 0 Å². The van der Waals surface area contributed by atoms with E-state index in [1.54, 1.807) is 0 Å². The maximum absolute atomic E-state index is 3.70. The molecule has 1 aliphatic rings. The highest BCUT2D eigenvalue weighted by molar-refractivity contribution is 9.10. The highest BCUT2D eigenvalue weighted by atomic mass is 79.9. The molecular formula is C16H25BrN2. The summed E-state index contributed by atoms with van der Waals surface area (Å²) in [6.45, 7) is 12.5. The van der Waals surface area contributed by atoms with Crippen LogP contribution in [-0.4, -0.2) is 25.7 Å². The third-order valence-corrected chi connectivity index (χ3v) is 4.44. The van der Waals surface area contributed by atoms with Gasteiger partial charge < -0.3 is 10.2 Å². The van der Waals surface area contributed by atoms with Crippen molar-refractivity contribution in [3.05, 3.63) is 28.2 Å². The summed E-state index contributed by atoms with van der Waals surface area (Å²) in [7, 11) is 0. The van der Waals surface area contributed by atoms with E-state index in [-0.39, 0.29) is 0 Å². The van der Waals surface area contributed by atoms with Crippen molar-refractivity contribution in [2.75, 3.05) is 24.5 Å². The fraction of sp³-hybridized carbons (Fsp3) is 0.625. The van der Waals surface area contributed by atoms with Crippen LogP contribution >= 0.6 is 15.9 Å². The normalized spacial score (nSPS) is 21.3. The fourth-order valence-electron chi connectivity index (χ4n) is 2.69. The van der Waals surface area contributed by atoms with Crippen molar-refractivity contribution in [3.63, 3.8) is 0 Å². The number of hydrogen-bond donors (Lipinski definition) is 1. The second-order valence-corrected chi connectivity index (χ2v) is 7.52. The van der Waals surface area contributed by atoms with Gasteiger partial charge in [0.2, 0.25) is 0 Å². The maximum atomic E-state index is 3.70. The molecule has 0 aromatic heterocycles. The average molecular weight is 325 g/mol. The van der Waals surface area contributed by atoms with Crippen LogP contribution in [0.15, 0.2) is 22.7 Å². The van der Waals surface area contributed by atoms with Crippen molar-refractivity contribution in [2.45, 2.75) is 40.2 Å². The van der Waals surface area contributed by atoms with Crippen LogP contribution in [0.2, 0.25) is 0 Å². The second kappa shape index (κ2) is 5.84. The summed E-state index contributed by atoms with van der Waals surface area (Å²) < 4.78 is 1.16. The second-order valence-electron chi connectivity index (χ2n) is 6.60. The SMILES string of the molecule is Cc1cc(Br)ccc1N1CCCNC(C(C)(C)C)C1. The lowest BCUT2D eigenvalue weighted by molar-refractivity contribution is 0.280. The van der Waals surface area contributed by atoms with Gasteiger partial charge in [-0.3, -0.25) is 0 Å². The van der Waals surface area contributed by atoms with Gasteiger partial charge in [-0.2, -0.15) is 0 Å². The monoisotopic (exact) mass is 324 g/mol.